The van der Waals surface area contributed by atoms with E-state index < -0.39 is 9.84 Å². The molecule has 1 fully saturated rings. The molecule has 3 aromatic rings. The number of fused-ring (bicyclic) bond motifs is 1. The van der Waals surface area contributed by atoms with Crippen molar-refractivity contribution in [1.82, 2.24) is 9.97 Å². The number of aromatic nitrogens is 2. The predicted octanol–water partition coefficient (Wildman–Crippen LogP) is 3.89. The van der Waals surface area contributed by atoms with E-state index in [0.29, 0.717) is 34.6 Å². The largest absolute Gasteiger partial charge is 0.326 e. The van der Waals surface area contributed by atoms with Crippen LogP contribution in [0.15, 0.2) is 34.0 Å². The normalized spacial score (nSPS) is 14.9. The number of amides is 1. The fraction of sp³-hybridized carbons (Fsp3) is 0.409. The van der Waals surface area contributed by atoms with Crippen molar-refractivity contribution in [2.45, 2.75) is 62.5 Å². The average Bonchev–Trinajstić information content (AvgIpc) is 3.36. The molecule has 1 aliphatic rings. The average molecular weight is 460 g/mol. The second-order valence-corrected chi connectivity index (χ2v) is 11.4. The number of carbonyl (C=O) groups is 1. The number of aromatic amines is 1. The van der Waals surface area contributed by atoms with Gasteiger partial charge in [0.25, 0.3) is 5.56 Å². The molecule has 7 nitrogen and oxygen atoms in total. The fourth-order valence-electron chi connectivity index (χ4n) is 4.01. The molecule has 0 spiro atoms. The lowest BCUT2D eigenvalue weighted by molar-refractivity contribution is -0.116. The maximum Gasteiger partial charge on any atom is 0.259 e. The molecule has 1 aliphatic carbocycles. The molecule has 1 amide bonds. The molecule has 31 heavy (non-hydrogen) atoms. The van der Waals surface area contributed by atoms with Crippen LogP contribution in [0.25, 0.3) is 10.2 Å². The highest BCUT2D eigenvalue weighted by Crippen LogP contribution is 2.30. The molecular weight excluding hydrogens is 434 g/mol. The Kier molecular flexibility index (Phi) is 5.98. The number of rotatable bonds is 6. The number of hydrogen-bond acceptors (Lipinski definition) is 6. The summed E-state index contributed by atoms with van der Waals surface area (Å²) in [5.74, 6) is 0.197. The van der Waals surface area contributed by atoms with E-state index in [-0.39, 0.29) is 34.5 Å². The van der Waals surface area contributed by atoms with Crippen LogP contribution in [-0.4, -0.2) is 29.5 Å². The minimum absolute atomic E-state index is 0.122. The molecule has 0 radical (unpaired) electrons. The van der Waals surface area contributed by atoms with Crippen LogP contribution in [0.4, 0.5) is 5.69 Å². The van der Waals surface area contributed by atoms with E-state index in [1.165, 1.54) is 17.4 Å². The molecule has 0 atom stereocenters. The first-order valence-electron chi connectivity index (χ1n) is 10.4. The Bertz CT molecular complexity index is 1300. The van der Waals surface area contributed by atoms with Crippen molar-refractivity contribution in [3.05, 3.63) is 50.9 Å². The van der Waals surface area contributed by atoms with E-state index in [0.717, 1.165) is 23.3 Å². The number of nitrogens with one attached hydrogen (secondary N) is 2. The summed E-state index contributed by atoms with van der Waals surface area (Å²) in [4.78, 5) is 34.0. The van der Waals surface area contributed by atoms with Gasteiger partial charge in [0.2, 0.25) is 5.91 Å². The van der Waals surface area contributed by atoms with Gasteiger partial charge in [-0.2, -0.15) is 0 Å². The van der Waals surface area contributed by atoms with Crippen molar-refractivity contribution in [2.24, 2.45) is 0 Å². The van der Waals surface area contributed by atoms with E-state index in [1.54, 1.807) is 18.2 Å². The first-order valence-corrected chi connectivity index (χ1v) is 12.7. The maximum absolute atomic E-state index is 12.8. The van der Waals surface area contributed by atoms with Gasteiger partial charge in [-0.25, -0.2) is 13.4 Å². The molecule has 4 rings (SSSR count). The van der Waals surface area contributed by atoms with Gasteiger partial charge in [0.05, 0.1) is 15.5 Å². The molecule has 0 bridgehead atoms. The Labute approximate surface area is 184 Å². The third-order valence-electron chi connectivity index (χ3n) is 5.86. The summed E-state index contributed by atoms with van der Waals surface area (Å²) in [6, 6.07) is 6.42. The van der Waals surface area contributed by atoms with Crippen molar-refractivity contribution in [3.8, 4) is 0 Å². The van der Waals surface area contributed by atoms with Gasteiger partial charge in [-0.15, -0.1) is 11.3 Å². The number of nitrogens with zero attached hydrogens (tertiary/aromatic N) is 1. The molecule has 2 aromatic heterocycles. The van der Waals surface area contributed by atoms with Crippen molar-refractivity contribution in [2.75, 3.05) is 5.32 Å². The van der Waals surface area contributed by atoms with Crippen molar-refractivity contribution in [3.63, 3.8) is 0 Å². The predicted molar refractivity (Wildman–Crippen MR) is 123 cm³/mol. The van der Waals surface area contributed by atoms with E-state index >= 15 is 0 Å². The van der Waals surface area contributed by atoms with E-state index in [2.05, 4.69) is 15.3 Å². The molecule has 2 heterocycles. The standard InChI is InChI=1S/C22H25N3O4S2/c1-13-14(2)30-22-20(13)21(27)24-18(25-22)10-11-19(26)23-15-6-5-9-17(12-15)31(28,29)16-7-3-4-8-16/h5-6,9,12,16H,3-4,7-8,10-11H2,1-2H3,(H,23,26)(H,24,25,27). The number of benzene rings is 1. The van der Waals surface area contributed by atoms with Crippen LogP contribution in [0.2, 0.25) is 0 Å². The van der Waals surface area contributed by atoms with Gasteiger partial charge in [0, 0.05) is 23.4 Å². The zero-order valence-corrected chi connectivity index (χ0v) is 19.2. The summed E-state index contributed by atoms with van der Waals surface area (Å²) in [5.41, 5.74) is 1.20. The summed E-state index contributed by atoms with van der Waals surface area (Å²) in [6.45, 7) is 3.86. The monoisotopic (exact) mass is 459 g/mol. The van der Waals surface area contributed by atoms with Gasteiger partial charge in [-0.05, 0) is 50.5 Å². The number of hydrogen-bond donors (Lipinski definition) is 2. The minimum atomic E-state index is -3.38. The minimum Gasteiger partial charge on any atom is -0.326 e. The number of anilines is 1. The Morgan fingerprint density at radius 3 is 2.74 bits per heavy atom. The quantitative estimate of drug-likeness (QED) is 0.581. The molecule has 9 heteroatoms. The Hall–Kier alpha value is -2.52. The molecule has 164 valence electrons. The summed E-state index contributed by atoms with van der Waals surface area (Å²) in [6.07, 6.45) is 3.67. The number of H-pyrrole nitrogens is 1. The van der Waals surface area contributed by atoms with Gasteiger partial charge in [0.15, 0.2) is 9.84 Å². The van der Waals surface area contributed by atoms with Crippen LogP contribution in [-0.2, 0) is 21.1 Å². The Morgan fingerprint density at radius 1 is 1.26 bits per heavy atom. The lowest BCUT2D eigenvalue weighted by Crippen LogP contribution is -2.19. The lowest BCUT2D eigenvalue weighted by Gasteiger charge is -2.12. The van der Waals surface area contributed by atoms with Crippen molar-refractivity contribution >= 4 is 43.0 Å². The first kappa shape index (κ1) is 21.7. The van der Waals surface area contributed by atoms with E-state index in [1.807, 2.05) is 13.8 Å². The van der Waals surface area contributed by atoms with E-state index in [4.69, 9.17) is 0 Å². The Balaban J connectivity index is 1.44. The molecule has 1 saturated carbocycles. The summed E-state index contributed by atoms with van der Waals surface area (Å²) >= 11 is 1.47. The third kappa shape index (κ3) is 4.43. The van der Waals surface area contributed by atoms with Crippen LogP contribution in [0, 0.1) is 13.8 Å². The second-order valence-electron chi connectivity index (χ2n) is 8.00. The van der Waals surface area contributed by atoms with Gasteiger partial charge < -0.3 is 10.3 Å². The summed E-state index contributed by atoms with van der Waals surface area (Å²) in [5, 5.41) is 3.03. The number of sulfone groups is 1. The molecule has 0 saturated heterocycles. The van der Waals surface area contributed by atoms with Crippen LogP contribution in [0.5, 0.6) is 0 Å². The summed E-state index contributed by atoms with van der Waals surface area (Å²) < 4.78 is 25.6. The van der Waals surface area contributed by atoms with E-state index in [9.17, 15) is 18.0 Å². The zero-order valence-electron chi connectivity index (χ0n) is 17.5. The van der Waals surface area contributed by atoms with Crippen LogP contribution in [0.3, 0.4) is 0 Å². The number of carbonyl (C=O) groups excluding carboxylic acids is 1. The smallest absolute Gasteiger partial charge is 0.259 e. The van der Waals surface area contributed by atoms with Gasteiger partial charge >= 0.3 is 0 Å². The van der Waals surface area contributed by atoms with Gasteiger partial charge in [0.1, 0.15) is 10.7 Å². The SMILES string of the molecule is Cc1sc2nc(CCC(=O)Nc3cccc(S(=O)(=O)C4CCCC4)c3)[nH]c(=O)c2c1C. The number of aryl methyl sites for hydroxylation is 3. The van der Waals surface area contributed by atoms with Gasteiger partial charge in [-0.1, -0.05) is 18.9 Å². The van der Waals surface area contributed by atoms with Crippen molar-refractivity contribution < 1.29 is 13.2 Å². The molecule has 0 aliphatic heterocycles. The van der Waals surface area contributed by atoms with Crippen LogP contribution in [0.1, 0.15) is 48.4 Å². The highest BCUT2D eigenvalue weighted by atomic mass is 32.2. The topological polar surface area (TPSA) is 109 Å². The second kappa shape index (κ2) is 8.55. The van der Waals surface area contributed by atoms with Crippen molar-refractivity contribution in [1.29, 1.82) is 0 Å². The van der Waals surface area contributed by atoms with Crippen LogP contribution >= 0.6 is 11.3 Å². The van der Waals surface area contributed by atoms with Gasteiger partial charge in [-0.3, -0.25) is 9.59 Å². The molecule has 2 N–H and O–H groups in total. The summed E-state index contributed by atoms with van der Waals surface area (Å²) in [7, 11) is -3.38. The molecule has 1 aromatic carbocycles. The third-order valence-corrected chi connectivity index (χ3v) is 9.23. The molecular formula is C22H25N3O4S2. The number of thiophene rings is 1. The molecule has 0 unspecified atom stereocenters. The maximum atomic E-state index is 12.8. The highest BCUT2D eigenvalue weighted by molar-refractivity contribution is 7.92. The highest BCUT2D eigenvalue weighted by Gasteiger charge is 2.30. The Morgan fingerprint density at radius 2 is 2.00 bits per heavy atom. The van der Waals surface area contributed by atoms with Crippen LogP contribution < -0.4 is 10.9 Å². The fourth-order valence-corrected chi connectivity index (χ4v) is 6.96. The lowest BCUT2D eigenvalue weighted by atomic mass is 10.2. The first-order chi connectivity index (χ1) is 14.8. The zero-order chi connectivity index (χ0) is 22.2.